The first kappa shape index (κ1) is 13.3. The highest BCUT2D eigenvalue weighted by molar-refractivity contribution is 6.18. The number of amides is 1. The van der Waals surface area contributed by atoms with Crippen LogP contribution in [-0.2, 0) is 0 Å². The quantitative estimate of drug-likeness (QED) is 0.303. The van der Waals surface area contributed by atoms with Gasteiger partial charge in [0, 0.05) is 21.7 Å². The zero-order valence-corrected chi connectivity index (χ0v) is 10.4. The van der Waals surface area contributed by atoms with E-state index in [0.29, 0.717) is 5.56 Å². The number of nitrogen functional groups attached to an aromatic ring is 1. The number of hydrogen-bond acceptors (Lipinski definition) is 3. The molecule has 1 amide bonds. The maximum Gasteiger partial charge on any atom is 0.249 e. The minimum absolute atomic E-state index is 0.00310. The van der Waals surface area contributed by atoms with Crippen LogP contribution in [0.5, 0.6) is 0 Å². The van der Waals surface area contributed by atoms with Gasteiger partial charge in [-0.2, -0.15) is 0 Å². The molecule has 0 saturated carbocycles. The number of azide groups is 1. The van der Waals surface area contributed by atoms with Crippen LogP contribution >= 0.6 is 0 Å². The van der Waals surface area contributed by atoms with Crippen LogP contribution in [0.25, 0.3) is 10.4 Å². The van der Waals surface area contributed by atoms with Gasteiger partial charge in [-0.05, 0) is 16.7 Å². The lowest BCUT2D eigenvalue weighted by atomic mass is 9.96. The average molecular weight is 266 g/mol. The second-order valence-electron chi connectivity index (χ2n) is 3.96. The number of hydrogen-bond donors (Lipinski definition) is 1. The summed E-state index contributed by atoms with van der Waals surface area (Å²) in [6, 6.07) is 12.9. The minimum Gasteiger partial charge on any atom is -0.398 e. The third-order valence-corrected chi connectivity index (χ3v) is 2.73. The van der Waals surface area contributed by atoms with Crippen LogP contribution in [0, 0.1) is 0 Å². The molecule has 6 heteroatoms. The number of ketones is 1. The highest BCUT2D eigenvalue weighted by Crippen LogP contribution is 2.22. The molecule has 0 bridgehead atoms. The van der Waals surface area contributed by atoms with E-state index in [1.54, 1.807) is 30.3 Å². The summed E-state index contributed by atoms with van der Waals surface area (Å²) in [7, 11) is 0. The summed E-state index contributed by atoms with van der Waals surface area (Å²) < 4.78 is 0. The van der Waals surface area contributed by atoms with E-state index in [1.165, 1.54) is 18.2 Å². The molecule has 98 valence electrons. The first-order valence-corrected chi connectivity index (χ1v) is 5.73. The van der Waals surface area contributed by atoms with Crippen molar-refractivity contribution in [3.05, 3.63) is 75.7 Å². The number of anilines is 1. The molecule has 2 rings (SSSR count). The van der Waals surface area contributed by atoms with Gasteiger partial charge < -0.3 is 5.73 Å². The molecule has 2 aromatic rings. The summed E-state index contributed by atoms with van der Waals surface area (Å²) in [5, 5.41) is 3.01. The Kier molecular flexibility index (Phi) is 3.79. The Hall–Kier alpha value is -3.11. The number of carbonyl (C=O) groups is 2. The minimum atomic E-state index is -0.834. The van der Waals surface area contributed by atoms with Gasteiger partial charge in [-0.25, -0.2) is 0 Å². The molecule has 0 fully saturated rings. The molecule has 0 radical (unpaired) electrons. The Morgan fingerprint density at radius 3 is 2.40 bits per heavy atom. The molecule has 0 aliphatic rings. The zero-order valence-electron chi connectivity index (χ0n) is 10.4. The largest absolute Gasteiger partial charge is 0.398 e. The van der Waals surface area contributed by atoms with Gasteiger partial charge in [0.2, 0.25) is 5.91 Å². The van der Waals surface area contributed by atoms with Crippen LogP contribution in [0.1, 0.15) is 26.3 Å². The summed E-state index contributed by atoms with van der Waals surface area (Å²) in [5.74, 6) is -1.22. The van der Waals surface area contributed by atoms with Gasteiger partial charge in [-0.1, -0.05) is 42.5 Å². The topological polar surface area (TPSA) is 109 Å². The Morgan fingerprint density at radius 1 is 1.05 bits per heavy atom. The van der Waals surface area contributed by atoms with Crippen molar-refractivity contribution in [2.45, 2.75) is 0 Å². The molecule has 0 saturated heterocycles. The Morgan fingerprint density at radius 2 is 1.75 bits per heavy atom. The zero-order chi connectivity index (χ0) is 14.5. The molecule has 2 N–H and O–H groups in total. The SMILES string of the molecule is [N-]=[N+]=NC(=O)c1cccc(N)c1C(=O)c1ccccc1. The highest BCUT2D eigenvalue weighted by Gasteiger charge is 2.20. The molecule has 0 aromatic heterocycles. The highest BCUT2D eigenvalue weighted by atomic mass is 16.2. The lowest BCUT2D eigenvalue weighted by molar-refractivity contribution is 0.0981. The van der Waals surface area contributed by atoms with E-state index in [0.717, 1.165) is 0 Å². The van der Waals surface area contributed by atoms with Crippen LogP contribution < -0.4 is 5.73 Å². The van der Waals surface area contributed by atoms with E-state index in [-0.39, 0.29) is 22.6 Å². The summed E-state index contributed by atoms with van der Waals surface area (Å²) in [5.41, 5.74) is 14.7. The molecular weight excluding hydrogens is 256 g/mol. The van der Waals surface area contributed by atoms with Crippen molar-refractivity contribution < 1.29 is 9.59 Å². The molecule has 0 aliphatic carbocycles. The predicted molar refractivity (Wildman–Crippen MR) is 74.2 cm³/mol. The summed E-state index contributed by atoms with van der Waals surface area (Å²) in [6.45, 7) is 0. The Bertz CT molecular complexity index is 719. The second-order valence-corrected chi connectivity index (χ2v) is 3.96. The van der Waals surface area contributed by atoms with Crippen LogP contribution in [0.2, 0.25) is 0 Å². The van der Waals surface area contributed by atoms with Gasteiger partial charge in [-0.3, -0.25) is 9.59 Å². The maximum absolute atomic E-state index is 12.4. The van der Waals surface area contributed by atoms with Gasteiger partial charge in [-0.15, -0.1) is 0 Å². The first-order valence-electron chi connectivity index (χ1n) is 5.73. The standard InChI is InChI=1S/C14H10N4O2/c15-11-8-4-7-10(14(20)17-18-16)12(11)13(19)9-5-2-1-3-6-9/h1-8H,15H2. The van der Waals surface area contributed by atoms with E-state index in [4.69, 9.17) is 11.3 Å². The van der Waals surface area contributed by atoms with Crippen LogP contribution in [0.3, 0.4) is 0 Å². The lowest BCUT2D eigenvalue weighted by Gasteiger charge is -2.09. The fourth-order valence-corrected chi connectivity index (χ4v) is 1.83. The van der Waals surface area contributed by atoms with Crippen LogP contribution in [0.15, 0.2) is 53.6 Å². The van der Waals surface area contributed by atoms with Crippen LogP contribution in [-0.4, -0.2) is 11.7 Å². The van der Waals surface area contributed by atoms with E-state index >= 15 is 0 Å². The van der Waals surface area contributed by atoms with Gasteiger partial charge >= 0.3 is 0 Å². The molecule has 2 aromatic carbocycles. The van der Waals surface area contributed by atoms with Crippen molar-refractivity contribution >= 4 is 17.4 Å². The van der Waals surface area contributed by atoms with Gasteiger partial charge in [0.15, 0.2) is 5.78 Å². The van der Waals surface area contributed by atoms with Crippen molar-refractivity contribution in [2.75, 3.05) is 5.73 Å². The summed E-state index contributed by atoms with van der Waals surface area (Å²) >= 11 is 0. The van der Waals surface area contributed by atoms with Crippen LogP contribution in [0.4, 0.5) is 5.69 Å². The smallest absolute Gasteiger partial charge is 0.249 e. The predicted octanol–water partition coefficient (Wildman–Crippen LogP) is 2.95. The number of carbonyl (C=O) groups excluding carboxylic acids is 2. The monoisotopic (exact) mass is 266 g/mol. The molecule has 0 aliphatic heterocycles. The number of nitrogens with zero attached hydrogens (tertiary/aromatic N) is 3. The molecule has 0 unspecified atom stereocenters. The normalized spacial score (nSPS) is 9.60. The van der Waals surface area contributed by atoms with E-state index in [2.05, 4.69) is 10.0 Å². The third-order valence-electron chi connectivity index (χ3n) is 2.73. The van der Waals surface area contributed by atoms with Crippen molar-refractivity contribution in [1.29, 1.82) is 0 Å². The van der Waals surface area contributed by atoms with Gasteiger partial charge in [0.25, 0.3) is 0 Å². The summed E-state index contributed by atoms with van der Waals surface area (Å²) in [4.78, 5) is 26.6. The van der Waals surface area contributed by atoms with E-state index in [9.17, 15) is 9.59 Å². The fraction of sp³-hybridized carbons (Fsp3) is 0. The molecule has 20 heavy (non-hydrogen) atoms. The second kappa shape index (κ2) is 5.69. The molecule has 0 heterocycles. The average Bonchev–Trinajstić information content (AvgIpc) is 2.47. The third kappa shape index (κ3) is 2.50. The summed E-state index contributed by atoms with van der Waals surface area (Å²) in [6.07, 6.45) is 0. The molecular formula is C14H10N4O2. The maximum atomic E-state index is 12.4. The van der Waals surface area contributed by atoms with Crippen molar-refractivity contribution in [3.63, 3.8) is 0 Å². The molecule has 0 atom stereocenters. The van der Waals surface area contributed by atoms with E-state index in [1.807, 2.05) is 0 Å². The van der Waals surface area contributed by atoms with Gasteiger partial charge in [0.05, 0.1) is 5.56 Å². The van der Waals surface area contributed by atoms with Gasteiger partial charge in [0.1, 0.15) is 0 Å². The molecule has 6 nitrogen and oxygen atoms in total. The molecule has 0 spiro atoms. The Balaban J connectivity index is 2.59. The lowest BCUT2D eigenvalue weighted by Crippen LogP contribution is -2.11. The number of rotatable bonds is 3. The fourth-order valence-electron chi connectivity index (χ4n) is 1.83. The van der Waals surface area contributed by atoms with Crippen molar-refractivity contribution in [3.8, 4) is 0 Å². The number of nitrogens with two attached hydrogens (primary N) is 1. The van der Waals surface area contributed by atoms with E-state index < -0.39 is 5.91 Å². The Labute approximate surface area is 114 Å². The van der Waals surface area contributed by atoms with Crippen molar-refractivity contribution in [2.24, 2.45) is 5.11 Å². The number of benzene rings is 2. The van der Waals surface area contributed by atoms with Crippen molar-refractivity contribution in [1.82, 2.24) is 0 Å². The first-order chi connectivity index (χ1) is 9.65.